The quantitative estimate of drug-likeness (QED) is 0.714. The number of carbonyl (C=O) groups is 1. The van der Waals surface area contributed by atoms with Gasteiger partial charge in [0.2, 0.25) is 5.91 Å². The van der Waals surface area contributed by atoms with Gasteiger partial charge in [0, 0.05) is 7.11 Å². The van der Waals surface area contributed by atoms with Crippen molar-refractivity contribution in [3.05, 3.63) is 0 Å². The predicted octanol–water partition coefficient (Wildman–Crippen LogP) is 1.06. The van der Waals surface area contributed by atoms with Crippen molar-refractivity contribution in [2.45, 2.75) is 51.1 Å². The molecular formula is C12H24N2O2. The summed E-state index contributed by atoms with van der Waals surface area (Å²) in [5.41, 5.74) is -0.332. The molecule has 0 aromatic heterocycles. The normalized spacial score (nSPS) is 26.7. The molecule has 1 amide bonds. The second-order valence-corrected chi connectivity index (χ2v) is 4.50. The van der Waals surface area contributed by atoms with Crippen molar-refractivity contribution < 1.29 is 9.53 Å². The van der Waals surface area contributed by atoms with Crippen LogP contribution in [0.3, 0.4) is 0 Å². The lowest BCUT2D eigenvalue weighted by atomic mass is 9.92. The van der Waals surface area contributed by atoms with E-state index in [1.165, 1.54) is 0 Å². The Labute approximate surface area is 98.1 Å². The summed E-state index contributed by atoms with van der Waals surface area (Å²) >= 11 is 0. The van der Waals surface area contributed by atoms with Crippen molar-refractivity contribution in [1.29, 1.82) is 0 Å². The summed E-state index contributed by atoms with van der Waals surface area (Å²) in [5, 5.41) is 6.41. The van der Waals surface area contributed by atoms with E-state index in [1.54, 1.807) is 7.11 Å². The van der Waals surface area contributed by atoms with Crippen LogP contribution in [0.5, 0.6) is 0 Å². The van der Waals surface area contributed by atoms with Gasteiger partial charge in [0.05, 0.1) is 18.2 Å². The molecule has 1 saturated heterocycles. The second kappa shape index (κ2) is 6.21. The summed E-state index contributed by atoms with van der Waals surface area (Å²) in [6.07, 6.45) is 3.78. The number of amides is 1. The van der Waals surface area contributed by atoms with Crippen LogP contribution in [0.1, 0.15) is 39.5 Å². The summed E-state index contributed by atoms with van der Waals surface area (Å²) < 4.78 is 5.09. The van der Waals surface area contributed by atoms with Crippen molar-refractivity contribution in [2.24, 2.45) is 0 Å². The average Bonchev–Trinajstić information content (AvgIpc) is 2.78. The zero-order chi connectivity index (χ0) is 12.0. The molecule has 4 heteroatoms. The third-order valence-corrected chi connectivity index (χ3v) is 3.48. The molecule has 0 radical (unpaired) electrons. The van der Waals surface area contributed by atoms with Crippen LogP contribution in [0, 0.1) is 0 Å². The number of nitrogens with one attached hydrogen (secondary N) is 2. The van der Waals surface area contributed by atoms with Gasteiger partial charge in [-0.15, -0.1) is 0 Å². The first-order chi connectivity index (χ1) is 7.68. The molecular weight excluding hydrogens is 204 g/mol. The molecule has 0 aromatic rings. The van der Waals surface area contributed by atoms with Crippen LogP contribution in [0.15, 0.2) is 0 Å². The van der Waals surface area contributed by atoms with E-state index in [4.69, 9.17) is 4.74 Å². The van der Waals surface area contributed by atoms with Crippen LogP contribution in [0.4, 0.5) is 0 Å². The molecule has 1 rings (SSSR count). The molecule has 0 bridgehead atoms. The molecule has 2 atom stereocenters. The molecule has 2 N–H and O–H groups in total. The van der Waals surface area contributed by atoms with E-state index in [-0.39, 0.29) is 17.5 Å². The van der Waals surface area contributed by atoms with E-state index >= 15 is 0 Å². The largest absolute Gasteiger partial charge is 0.383 e. The van der Waals surface area contributed by atoms with E-state index in [1.807, 2.05) is 0 Å². The molecule has 1 aliphatic rings. The summed E-state index contributed by atoms with van der Waals surface area (Å²) in [6, 6.07) is 0.128. The number of hydrogen-bond acceptors (Lipinski definition) is 3. The zero-order valence-electron chi connectivity index (χ0n) is 10.6. The van der Waals surface area contributed by atoms with Crippen LogP contribution >= 0.6 is 0 Å². The Hall–Kier alpha value is -0.610. The van der Waals surface area contributed by atoms with E-state index in [2.05, 4.69) is 24.5 Å². The fourth-order valence-electron chi connectivity index (χ4n) is 2.25. The molecule has 2 unspecified atom stereocenters. The van der Waals surface area contributed by atoms with Crippen molar-refractivity contribution in [3.8, 4) is 0 Å². The lowest BCUT2D eigenvalue weighted by Crippen LogP contribution is -2.56. The SMILES string of the molecule is CCC(COC)NC(=O)C1(CC)CCCN1. The zero-order valence-corrected chi connectivity index (χ0v) is 10.6. The summed E-state index contributed by atoms with van der Waals surface area (Å²) in [4.78, 5) is 12.2. The highest BCUT2D eigenvalue weighted by Crippen LogP contribution is 2.23. The maximum Gasteiger partial charge on any atom is 0.240 e. The maximum atomic E-state index is 12.2. The van der Waals surface area contributed by atoms with Crippen LogP contribution < -0.4 is 10.6 Å². The Morgan fingerprint density at radius 1 is 1.56 bits per heavy atom. The number of hydrogen-bond donors (Lipinski definition) is 2. The maximum absolute atomic E-state index is 12.2. The van der Waals surface area contributed by atoms with Crippen LogP contribution in [0.2, 0.25) is 0 Å². The topological polar surface area (TPSA) is 50.4 Å². The molecule has 1 aliphatic heterocycles. The Balaban J connectivity index is 2.54. The standard InChI is InChI=1S/C12H24N2O2/c1-4-10(9-16-3)14-11(15)12(5-2)7-6-8-13-12/h10,13H,4-9H2,1-3H3,(H,14,15). The van der Waals surface area contributed by atoms with E-state index in [9.17, 15) is 4.79 Å². The fraction of sp³-hybridized carbons (Fsp3) is 0.917. The first-order valence-electron chi connectivity index (χ1n) is 6.23. The molecule has 1 fully saturated rings. The van der Waals surface area contributed by atoms with Crippen LogP contribution in [0.25, 0.3) is 0 Å². The Morgan fingerprint density at radius 2 is 2.31 bits per heavy atom. The third kappa shape index (κ3) is 2.95. The summed E-state index contributed by atoms with van der Waals surface area (Å²) in [5.74, 6) is 0.136. The summed E-state index contributed by atoms with van der Waals surface area (Å²) in [7, 11) is 1.66. The fourth-order valence-corrected chi connectivity index (χ4v) is 2.25. The monoisotopic (exact) mass is 228 g/mol. The van der Waals surface area contributed by atoms with Gasteiger partial charge in [-0.25, -0.2) is 0 Å². The Bertz CT molecular complexity index is 225. The first-order valence-corrected chi connectivity index (χ1v) is 6.23. The molecule has 0 aliphatic carbocycles. The van der Waals surface area contributed by atoms with Gasteiger partial charge in [-0.1, -0.05) is 13.8 Å². The number of ether oxygens (including phenoxy) is 1. The molecule has 1 heterocycles. The van der Waals surface area contributed by atoms with Gasteiger partial charge in [-0.2, -0.15) is 0 Å². The predicted molar refractivity (Wildman–Crippen MR) is 64.4 cm³/mol. The molecule has 0 saturated carbocycles. The van der Waals surface area contributed by atoms with Gasteiger partial charge in [0.1, 0.15) is 0 Å². The van der Waals surface area contributed by atoms with Gasteiger partial charge < -0.3 is 15.4 Å². The Morgan fingerprint density at radius 3 is 2.75 bits per heavy atom. The highest BCUT2D eigenvalue weighted by molar-refractivity contribution is 5.86. The van der Waals surface area contributed by atoms with E-state index in [0.717, 1.165) is 32.2 Å². The first kappa shape index (κ1) is 13.5. The molecule has 4 nitrogen and oxygen atoms in total. The minimum atomic E-state index is -0.332. The van der Waals surface area contributed by atoms with E-state index in [0.29, 0.717) is 6.61 Å². The van der Waals surface area contributed by atoms with Crippen LogP contribution in [-0.2, 0) is 9.53 Å². The lowest BCUT2D eigenvalue weighted by Gasteiger charge is -2.29. The number of rotatable bonds is 6. The minimum absolute atomic E-state index is 0.128. The second-order valence-electron chi connectivity index (χ2n) is 4.50. The molecule has 0 spiro atoms. The van der Waals surface area contributed by atoms with E-state index < -0.39 is 0 Å². The van der Waals surface area contributed by atoms with Crippen molar-refractivity contribution in [2.75, 3.05) is 20.3 Å². The third-order valence-electron chi connectivity index (χ3n) is 3.48. The van der Waals surface area contributed by atoms with Gasteiger partial charge in [-0.3, -0.25) is 4.79 Å². The Kier molecular flexibility index (Phi) is 5.22. The van der Waals surface area contributed by atoms with Gasteiger partial charge in [0.15, 0.2) is 0 Å². The highest BCUT2D eigenvalue weighted by Gasteiger charge is 2.39. The van der Waals surface area contributed by atoms with Crippen molar-refractivity contribution in [3.63, 3.8) is 0 Å². The average molecular weight is 228 g/mol. The highest BCUT2D eigenvalue weighted by atomic mass is 16.5. The van der Waals surface area contributed by atoms with Gasteiger partial charge in [-0.05, 0) is 32.2 Å². The molecule has 16 heavy (non-hydrogen) atoms. The van der Waals surface area contributed by atoms with Crippen LogP contribution in [-0.4, -0.2) is 37.7 Å². The van der Waals surface area contributed by atoms with Crippen molar-refractivity contribution >= 4 is 5.91 Å². The minimum Gasteiger partial charge on any atom is -0.383 e. The smallest absolute Gasteiger partial charge is 0.240 e. The van der Waals surface area contributed by atoms with Crippen molar-refractivity contribution in [1.82, 2.24) is 10.6 Å². The number of methoxy groups -OCH3 is 1. The summed E-state index contributed by atoms with van der Waals surface area (Å²) in [6.45, 7) is 5.66. The van der Waals surface area contributed by atoms with Gasteiger partial charge >= 0.3 is 0 Å². The number of carbonyl (C=O) groups excluding carboxylic acids is 1. The molecule has 0 aromatic carbocycles. The van der Waals surface area contributed by atoms with Gasteiger partial charge in [0.25, 0.3) is 0 Å². The molecule has 94 valence electrons. The lowest BCUT2D eigenvalue weighted by molar-refractivity contribution is -0.128.